The van der Waals surface area contributed by atoms with E-state index in [-0.39, 0.29) is 6.04 Å². The highest BCUT2D eigenvalue weighted by Gasteiger charge is 2.25. The molecule has 0 saturated carbocycles. The Morgan fingerprint density at radius 3 is 2.73 bits per heavy atom. The van der Waals surface area contributed by atoms with E-state index >= 15 is 0 Å². The normalized spacial score (nSPS) is 19.5. The molecule has 6 heteroatoms. The van der Waals surface area contributed by atoms with Crippen LogP contribution in [0, 0.1) is 0 Å². The fraction of sp³-hybridized carbons (Fsp3) is 0.400. The largest absolute Gasteiger partial charge is 0.356 e. The number of piperazine rings is 1. The predicted octanol–water partition coefficient (Wildman–Crippen LogP) is 4.03. The Bertz CT molecular complexity index is 821. The van der Waals surface area contributed by atoms with Crippen molar-refractivity contribution < 1.29 is 4.52 Å². The monoisotopic (exact) mass is 370 g/mol. The van der Waals surface area contributed by atoms with Crippen molar-refractivity contribution >= 4 is 17.4 Å². The highest BCUT2D eigenvalue weighted by Crippen LogP contribution is 2.28. The van der Waals surface area contributed by atoms with Crippen molar-refractivity contribution in [2.75, 3.05) is 32.7 Å². The van der Waals surface area contributed by atoms with Crippen molar-refractivity contribution in [1.29, 1.82) is 0 Å². The molecular weight excluding hydrogens is 348 g/mol. The second-order valence-corrected chi connectivity index (χ2v) is 7.19. The summed E-state index contributed by atoms with van der Waals surface area (Å²) in [6.45, 7) is 7.07. The van der Waals surface area contributed by atoms with Gasteiger partial charge in [-0.15, -0.1) is 0 Å². The number of benzene rings is 1. The van der Waals surface area contributed by atoms with Gasteiger partial charge < -0.3 is 9.42 Å². The average molecular weight is 371 g/mol. The van der Waals surface area contributed by atoms with Crippen molar-refractivity contribution in [2.24, 2.45) is 4.99 Å². The van der Waals surface area contributed by atoms with Crippen LogP contribution in [0.2, 0.25) is 5.02 Å². The highest BCUT2D eigenvalue weighted by atomic mass is 35.5. The molecule has 4 rings (SSSR count). The van der Waals surface area contributed by atoms with E-state index in [1.165, 1.54) is 0 Å². The molecule has 5 nitrogen and oxygen atoms in total. The third-order valence-electron chi connectivity index (χ3n) is 5.09. The van der Waals surface area contributed by atoms with Crippen LogP contribution in [-0.2, 0) is 0 Å². The predicted molar refractivity (Wildman–Crippen MR) is 105 cm³/mol. The first kappa shape index (κ1) is 17.3. The van der Waals surface area contributed by atoms with Crippen LogP contribution in [-0.4, -0.2) is 53.5 Å². The smallest absolute Gasteiger partial charge is 0.167 e. The molecule has 26 heavy (non-hydrogen) atoms. The van der Waals surface area contributed by atoms with Crippen LogP contribution >= 0.6 is 11.6 Å². The quantitative estimate of drug-likeness (QED) is 0.818. The fourth-order valence-electron chi connectivity index (χ4n) is 3.49. The SMILES string of the molecule is CC(c1cc(-c2cccc(Cl)c2)on1)N1CCN(C2=NCCC=C2)CC1. The Balaban J connectivity index is 1.40. The molecule has 0 radical (unpaired) electrons. The Morgan fingerprint density at radius 1 is 1.15 bits per heavy atom. The number of rotatable bonds is 3. The zero-order valence-corrected chi connectivity index (χ0v) is 15.7. The van der Waals surface area contributed by atoms with Crippen LogP contribution in [0.15, 0.2) is 52.0 Å². The maximum absolute atomic E-state index is 6.07. The molecule has 2 aliphatic rings. The van der Waals surface area contributed by atoms with Crippen LogP contribution in [0.4, 0.5) is 0 Å². The maximum atomic E-state index is 6.07. The number of nitrogens with zero attached hydrogens (tertiary/aromatic N) is 4. The summed E-state index contributed by atoms with van der Waals surface area (Å²) >= 11 is 6.07. The Morgan fingerprint density at radius 2 is 2.00 bits per heavy atom. The van der Waals surface area contributed by atoms with E-state index in [2.05, 4.69) is 39.0 Å². The summed E-state index contributed by atoms with van der Waals surface area (Å²) in [5, 5.41) is 5.00. The van der Waals surface area contributed by atoms with E-state index in [4.69, 9.17) is 16.1 Å². The number of hydrogen-bond donors (Lipinski definition) is 0. The summed E-state index contributed by atoms with van der Waals surface area (Å²) in [5.41, 5.74) is 1.92. The van der Waals surface area contributed by atoms with E-state index in [0.29, 0.717) is 5.02 Å². The first-order valence-corrected chi connectivity index (χ1v) is 9.51. The molecule has 1 fully saturated rings. The summed E-state index contributed by atoms with van der Waals surface area (Å²) < 4.78 is 5.56. The van der Waals surface area contributed by atoms with Crippen LogP contribution in [0.5, 0.6) is 0 Å². The number of hydrogen-bond acceptors (Lipinski definition) is 5. The molecule has 1 atom stereocenters. The van der Waals surface area contributed by atoms with Crippen molar-refractivity contribution in [1.82, 2.24) is 15.0 Å². The number of aromatic nitrogens is 1. The van der Waals surface area contributed by atoms with Crippen LogP contribution < -0.4 is 0 Å². The lowest BCUT2D eigenvalue weighted by atomic mass is 10.1. The molecule has 0 amide bonds. The van der Waals surface area contributed by atoms with Crippen molar-refractivity contribution in [3.63, 3.8) is 0 Å². The molecular formula is C20H23ClN4O. The number of aliphatic imine (C=N–C) groups is 1. The molecule has 1 saturated heterocycles. The van der Waals surface area contributed by atoms with Gasteiger partial charge in [0.2, 0.25) is 0 Å². The minimum absolute atomic E-state index is 0.220. The molecule has 3 heterocycles. The molecule has 0 bridgehead atoms. The van der Waals surface area contributed by atoms with Gasteiger partial charge in [-0.3, -0.25) is 9.89 Å². The maximum Gasteiger partial charge on any atom is 0.167 e. The zero-order chi connectivity index (χ0) is 17.9. The van der Waals surface area contributed by atoms with E-state index in [9.17, 15) is 0 Å². The molecule has 1 aromatic heterocycles. The van der Waals surface area contributed by atoms with Gasteiger partial charge in [0.05, 0.1) is 6.04 Å². The summed E-state index contributed by atoms with van der Waals surface area (Å²) in [7, 11) is 0. The molecule has 2 aromatic rings. The van der Waals surface area contributed by atoms with Gasteiger partial charge >= 0.3 is 0 Å². The Kier molecular flexibility index (Phi) is 5.09. The summed E-state index contributed by atoms with van der Waals surface area (Å²) in [6, 6.07) is 9.90. The van der Waals surface area contributed by atoms with Crippen LogP contribution in [0.3, 0.4) is 0 Å². The van der Waals surface area contributed by atoms with Crippen LogP contribution in [0.1, 0.15) is 25.1 Å². The van der Waals surface area contributed by atoms with Gasteiger partial charge in [-0.05, 0) is 31.6 Å². The lowest BCUT2D eigenvalue weighted by molar-refractivity contribution is 0.136. The second-order valence-electron chi connectivity index (χ2n) is 6.76. The molecule has 0 aliphatic carbocycles. The minimum Gasteiger partial charge on any atom is -0.356 e. The standard InChI is InChI=1S/C20H23ClN4O/c1-15(18-14-19(26-23-18)16-5-4-6-17(21)13-16)24-9-11-25(12-10-24)20-7-2-3-8-22-20/h2,4-7,13-15H,3,8-12H2,1H3. The topological polar surface area (TPSA) is 44.9 Å². The van der Waals surface area contributed by atoms with Crippen LogP contribution in [0.25, 0.3) is 11.3 Å². The third-order valence-corrected chi connectivity index (χ3v) is 5.32. The first-order valence-electron chi connectivity index (χ1n) is 9.13. The molecule has 136 valence electrons. The third kappa shape index (κ3) is 3.69. The molecule has 0 N–H and O–H groups in total. The van der Waals surface area contributed by atoms with E-state index in [1.54, 1.807) is 0 Å². The molecule has 1 unspecified atom stereocenters. The van der Waals surface area contributed by atoms with Gasteiger partial charge in [0.25, 0.3) is 0 Å². The summed E-state index contributed by atoms with van der Waals surface area (Å²) in [5.74, 6) is 1.89. The molecule has 1 aromatic carbocycles. The van der Waals surface area contributed by atoms with Crippen molar-refractivity contribution in [3.05, 3.63) is 53.2 Å². The van der Waals surface area contributed by atoms with Gasteiger partial charge in [0, 0.05) is 49.4 Å². The lowest BCUT2D eigenvalue weighted by Gasteiger charge is -2.38. The van der Waals surface area contributed by atoms with Gasteiger partial charge in [-0.1, -0.05) is 35.0 Å². The van der Waals surface area contributed by atoms with E-state index in [1.807, 2.05) is 30.3 Å². The fourth-order valence-corrected chi connectivity index (χ4v) is 3.68. The Hall–Kier alpha value is -2.11. The van der Waals surface area contributed by atoms with E-state index < -0.39 is 0 Å². The minimum atomic E-state index is 0.220. The first-order chi connectivity index (χ1) is 12.7. The number of amidine groups is 1. The van der Waals surface area contributed by atoms with Crippen molar-refractivity contribution in [2.45, 2.75) is 19.4 Å². The second kappa shape index (κ2) is 7.64. The highest BCUT2D eigenvalue weighted by molar-refractivity contribution is 6.30. The van der Waals surface area contributed by atoms with E-state index in [0.717, 1.165) is 62.0 Å². The zero-order valence-electron chi connectivity index (χ0n) is 14.9. The van der Waals surface area contributed by atoms with Gasteiger partial charge in [0.15, 0.2) is 5.76 Å². The molecule has 2 aliphatic heterocycles. The average Bonchev–Trinajstić information content (AvgIpc) is 3.18. The van der Waals surface area contributed by atoms with Gasteiger partial charge in [0.1, 0.15) is 11.5 Å². The van der Waals surface area contributed by atoms with Gasteiger partial charge in [-0.2, -0.15) is 0 Å². The Labute approximate surface area is 158 Å². The number of halogens is 1. The molecule has 0 spiro atoms. The summed E-state index contributed by atoms with van der Waals surface area (Å²) in [6.07, 6.45) is 5.42. The lowest BCUT2D eigenvalue weighted by Crippen LogP contribution is -2.49. The van der Waals surface area contributed by atoms with Crippen molar-refractivity contribution in [3.8, 4) is 11.3 Å². The summed E-state index contributed by atoms with van der Waals surface area (Å²) in [4.78, 5) is 9.45. The van der Waals surface area contributed by atoms with Gasteiger partial charge in [-0.25, -0.2) is 0 Å². The number of dihydropyridines is 1.